The van der Waals surface area contributed by atoms with E-state index in [2.05, 4.69) is 0 Å². The summed E-state index contributed by atoms with van der Waals surface area (Å²) in [4.78, 5) is 26.9. The zero-order valence-corrected chi connectivity index (χ0v) is 16.4. The number of alkyl halides is 3. The fourth-order valence-corrected chi connectivity index (χ4v) is 3.29. The second-order valence-electron chi connectivity index (χ2n) is 6.77. The number of hydrogen-bond donors (Lipinski definition) is 1. The number of nitrogens with zero attached hydrogens (tertiary/aromatic N) is 2. The van der Waals surface area contributed by atoms with Crippen LogP contribution in [-0.2, 0) is 13.5 Å². The highest BCUT2D eigenvalue weighted by atomic mass is 19.4. The van der Waals surface area contributed by atoms with Crippen molar-refractivity contribution in [3.63, 3.8) is 0 Å². The molecule has 0 radical (unpaired) electrons. The molecular weight excluding hydrogens is 401 g/mol. The largest absolute Gasteiger partial charge is 0.506 e. The lowest BCUT2D eigenvalue weighted by Crippen LogP contribution is -2.34. The average molecular weight is 420 g/mol. The fraction of sp³-hybridized carbons (Fsp3) is 0.238. The van der Waals surface area contributed by atoms with Gasteiger partial charge in [0.15, 0.2) is 0 Å². The van der Waals surface area contributed by atoms with Gasteiger partial charge in [0.1, 0.15) is 17.1 Å². The summed E-state index contributed by atoms with van der Waals surface area (Å²) in [6, 6.07) is 10.2. The number of halogens is 3. The number of aromatic nitrogens is 1. The third kappa shape index (κ3) is 3.83. The summed E-state index contributed by atoms with van der Waals surface area (Å²) in [5, 5.41) is 10.9. The average Bonchev–Trinajstić information content (AvgIpc) is 2.69. The summed E-state index contributed by atoms with van der Waals surface area (Å²) in [7, 11) is 4.16. The van der Waals surface area contributed by atoms with Gasteiger partial charge < -0.3 is 19.3 Å². The van der Waals surface area contributed by atoms with E-state index in [1.165, 1.54) is 50.0 Å². The van der Waals surface area contributed by atoms with Gasteiger partial charge in [0.25, 0.3) is 11.5 Å². The van der Waals surface area contributed by atoms with Crippen LogP contribution in [0.1, 0.15) is 15.9 Å². The van der Waals surface area contributed by atoms with Crippen LogP contribution < -0.4 is 15.2 Å². The molecule has 0 aliphatic heterocycles. The molecule has 0 bridgehead atoms. The molecule has 9 heteroatoms. The predicted octanol–water partition coefficient (Wildman–Crippen LogP) is 3.63. The van der Waals surface area contributed by atoms with Crippen molar-refractivity contribution in [1.82, 2.24) is 4.57 Å². The number of carbonyl (C=O) groups excluding carboxylic acids is 1. The molecule has 0 saturated heterocycles. The van der Waals surface area contributed by atoms with Crippen molar-refractivity contribution in [2.24, 2.45) is 7.05 Å². The molecule has 0 unspecified atom stereocenters. The van der Waals surface area contributed by atoms with Crippen molar-refractivity contribution in [2.75, 3.05) is 19.1 Å². The van der Waals surface area contributed by atoms with E-state index in [0.29, 0.717) is 5.52 Å². The molecule has 0 atom stereocenters. The molecule has 0 spiro atoms. The first kappa shape index (κ1) is 21.2. The van der Waals surface area contributed by atoms with E-state index in [1.807, 2.05) is 0 Å². The van der Waals surface area contributed by atoms with Crippen molar-refractivity contribution >= 4 is 22.5 Å². The number of hydrogen-bond acceptors (Lipinski definition) is 4. The van der Waals surface area contributed by atoms with Gasteiger partial charge in [-0.25, -0.2) is 0 Å². The van der Waals surface area contributed by atoms with Gasteiger partial charge in [0, 0.05) is 19.8 Å². The number of fused-ring (bicyclic) bond motifs is 1. The molecule has 1 N–H and O–H groups in total. The van der Waals surface area contributed by atoms with E-state index < -0.39 is 35.4 Å². The van der Waals surface area contributed by atoms with Gasteiger partial charge in [-0.3, -0.25) is 9.59 Å². The zero-order chi connectivity index (χ0) is 22.2. The molecule has 0 aliphatic carbocycles. The van der Waals surface area contributed by atoms with Gasteiger partial charge >= 0.3 is 6.18 Å². The molecule has 158 valence electrons. The van der Waals surface area contributed by atoms with Crippen LogP contribution in [0, 0.1) is 0 Å². The van der Waals surface area contributed by atoms with Gasteiger partial charge in [0.05, 0.1) is 24.4 Å². The third-order valence-electron chi connectivity index (χ3n) is 4.80. The second kappa shape index (κ2) is 7.74. The van der Waals surface area contributed by atoms with Gasteiger partial charge in [0.2, 0.25) is 0 Å². The monoisotopic (exact) mass is 420 g/mol. The van der Waals surface area contributed by atoms with E-state index in [-0.39, 0.29) is 22.4 Å². The predicted molar refractivity (Wildman–Crippen MR) is 106 cm³/mol. The Hall–Kier alpha value is -3.49. The highest BCUT2D eigenvalue weighted by Crippen LogP contribution is 2.35. The Labute approximate surface area is 169 Å². The van der Waals surface area contributed by atoms with E-state index in [1.54, 1.807) is 18.2 Å². The maximum Gasteiger partial charge on any atom is 0.393 e. The van der Waals surface area contributed by atoms with Gasteiger partial charge in [-0.15, -0.1) is 0 Å². The van der Waals surface area contributed by atoms with E-state index in [9.17, 15) is 27.9 Å². The van der Waals surface area contributed by atoms with Crippen LogP contribution in [-0.4, -0.2) is 35.9 Å². The Morgan fingerprint density at radius 1 is 1.20 bits per heavy atom. The summed E-state index contributed by atoms with van der Waals surface area (Å²) in [5.41, 5.74) is -0.752. The smallest absolute Gasteiger partial charge is 0.393 e. The second-order valence-corrected chi connectivity index (χ2v) is 6.77. The topological polar surface area (TPSA) is 71.8 Å². The molecule has 1 aromatic heterocycles. The fourth-order valence-electron chi connectivity index (χ4n) is 3.29. The van der Waals surface area contributed by atoms with Crippen LogP contribution in [0.25, 0.3) is 10.9 Å². The third-order valence-corrected chi connectivity index (χ3v) is 4.80. The summed E-state index contributed by atoms with van der Waals surface area (Å²) < 4.78 is 44.5. The van der Waals surface area contributed by atoms with Crippen molar-refractivity contribution < 1.29 is 27.8 Å². The highest BCUT2D eigenvalue weighted by molar-refractivity contribution is 6.11. The summed E-state index contributed by atoms with van der Waals surface area (Å²) in [5.74, 6) is -1.14. The lowest BCUT2D eigenvalue weighted by molar-refractivity contribution is -0.127. The molecule has 2 aromatic carbocycles. The van der Waals surface area contributed by atoms with Gasteiger partial charge in [-0.2, -0.15) is 13.2 Å². The van der Waals surface area contributed by atoms with Crippen LogP contribution in [0.15, 0.2) is 47.3 Å². The van der Waals surface area contributed by atoms with Crippen LogP contribution in [0.5, 0.6) is 11.5 Å². The number of amides is 1. The number of benzene rings is 2. The number of aryl methyl sites for hydroxylation is 1. The molecule has 0 saturated carbocycles. The lowest BCUT2D eigenvalue weighted by atomic mass is 10.1. The minimum Gasteiger partial charge on any atom is -0.506 e. The van der Waals surface area contributed by atoms with E-state index in [4.69, 9.17) is 4.74 Å². The minimum atomic E-state index is -4.40. The maximum atomic E-state index is 13.1. The Kier molecular flexibility index (Phi) is 5.47. The van der Waals surface area contributed by atoms with Crippen molar-refractivity contribution in [3.05, 3.63) is 63.9 Å². The standard InChI is InChI=1S/C21H19F3N2O4/c1-25(13-7-4-6-12(10-13)11-21(22,23)24)19(28)17-18(27)16-14(26(2)20(17)29)8-5-9-15(16)30-3/h4-10,27H,11H2,1-3H3. The number of methoxy groups -OCH3 is 1. The zero-order valence-electron chi connectivity index (χ0n) is 16.4. The first-order valence-electron chi connectivity index (χ1n) is 8.87. The number of anilines is 1. The molecular formula is C21H19F3N2O4. The lowest BCUT2D eigenvalue weighted by Gasteiger charge is -2.20. The number of aromatic hydroxyl groups is 1. The van der Waals surface area contributed by atoms with Crippen LogP contribution in [0.4, 0.5) is 18.9 Å². The minimum absolute atomic E-state index is 0.0306. The molecule has 6 nitrogen and oxygen atoms in total. The molecule has 0 fully saturated rings. The van der Waals surface area contributed by atoms with Crippen LogP contribution in [0.2, 0.25) is 0 Å². The molecule has 0 aliphatic rings. The normalized spacial score (nSPS) is 11.5. The number of rotatable bonds is 4. The Morgan fingerprint density at radius 2 is 1.87 bits per heavy atom. The summed E-state index contributed by atoms with van der Waals surface area (Å²) >= 11 is 0. The van der Waals surface area contributed by atoms with Crippen molar-refractivity contribution in [1.29, 1.82) is 0 Å². The Balaban J connectivity index is 2.12. The number of carbonyl (C=O) groups is 1. The molecule has 1 amide bonds. The van der Waals surface area contributed by atoms with E-state index >= 15 is 0 Å². The Bertz CT molecular complexity index is 1190. The van der Waals surface area contributed by atoms with Crippen molar-refractivity contribution in [3.8, 4) is 11.5 Å². The molecule has 30 heavy (non-hydrogen) atoms. The number of pyridine rings is 1. The highest BCUT2D eigenvalue weighted by Gasteiger charge is 2.29. The summed E-state index contributed by atoms with van der Waals surface area (Å²) in [6.07, 6.45) is -5.55. The first-order valence-corrected chi connectivity index (χ1v) is 8.87. The molecule has 1 heterocycles. The summed E-state index contributed by atoms with van der Waals surface area (Å²) in [6.45, 7) is 0. The molecule has 3 rings (SSSR count). The van der Waals surface area contributed by atoms with Crippen molar-refractivity contribution in [2.45, 2.75) is 12.6 Å². The van der Waals surface area contributed by atoms with Crippen LogP contribution in [0.3, 0.4) is 0 Å². The first-order chi connectivity index (χ1) is 14.0. The molecule has 3 aromatic rings. The van der Waals surface area contributed by atoms with Gasteiger partial charge in [-0.05, 0) is 29.8 Å². The SMILES string of the molecule is COc1cccc2c1c(O)c(C(=O)N(C)c1cccc(CC(F)(F)F)c1)c(=O)n2C. The quantitative estimate of drug-likeness (QED) is 0.700. The number of ether oxygens (including phenoxy) is 1. The van der Waals surface area contributed by atoms with Gasteiger partial charge in [-0.1, -0.05) is 18.2 Å². The van der Waals surface area contributed by atoms with Crippen LogP contribution >= 0.6 is 0 Å². The maximum absolute atomic E-state index is 13.1. The van der Waals surface area contributed by atoms with E-state index in [0.717, 1.165) is 4.90 Å². The Morgan fingerprint density at radius 3 is 2.50 bits per heavy atom.